The quantitative estimate of drug-likeness (QED) is 0.793. The second-order valence-corrected chi connectivity index (χ2v) is 4.76. The fourth-order valence-electron chi connectivity index (χ4n) is 2.12. The average molecular weight is 276 g/mol. The lowest BCUT2D eigenvalue weighted by Crippen LogP contribution is -2.03. The predicted octanol–water partition coefficient (Wildman–Crippen LogP) is 3.46. The summed E-state index contributed by atoms with van der Waals surface area (Å²) >= 11 is 0. The number of anilines is 1. The summed E-state index contributed by atoms with van der Waals surface area (Å²) in [6.45, 7) is 2.64. The van der Waals surface area contributed by atoms with Gasteiger partial charge in [0.15, 0.2) is 0 Å². The first-order valence-corrected chi connectivity index (χ1v) is 6.85. The molecule has 1 N–H and O–H groups in total. The summed E-state index contributed by atoms with van der Waals surface area (Å²) in [6.07, 6.45) is 3.54. The van der Waals surface area contributed by atoms with E-state index < -0.39 is 0 Å². The van der Waals surface area contributed by atoms with Gasteiger partial charge in [0, 0.05) is 30.6 Å². The molecule has 0 atom stereocenters. The van der Waals surface area contributed by atoms with E-state index in [1.807, 2.05) is 43.3 Å². The van der Waals surface area contributed by atoms with Gasteiger partial charge in [0.05, 0.1) is 5.69 Å². The van der Waals surface area contributed by atoms with Gasteiger partial charge in [-0.3, -0.25) is 4.98 Å². The van der Waals surface area contributed by atoms with Gasteiger partial charge in [-0.15, -0.1) is 0 Å². The number of pyridine rings is 1. The highest BCUT2D eigenvalue weighted by molar-refractivity contribution is 5.61. The maximum atomic E-state index is 4.48. The number of hydrogen-bond acceptors (Lipinski definition) is 4. The first kappa shape index (κ1) is 13.2. The zero-order chi connectivity index (χ0) is 14.5. The van der Waals surface area contributed by atoms with Crippen molar-refractivity contribution in [1.29, 1.82) is 0 Å². The van der Waals surface area contributed by atoms with Gasteiger partial charge in [-0.25, -0.2) is 9.97 Å². The van der Waals surface area contributed by atoms with Gasteiger partial charge in [-0.1, -0.05) is 30.3 Å². The molecular formula is C17H16N4. The Balaban J connectivity index is 1.82. The van der Waals surface area contributed by atoms with Gasteiger partial charge >= 0.3 is 0 Å². The molecule has 104 valence electrons. The summed E-state index contributed by atoms with van der Waals surface area (Å²) in [5, 5.41) is 3.35. The van der Waals surface area contributed by atoms with Crippen LogP contribution < -0.4 is 5.32 Å². The first-order valence-electron chi connectivity index (χ1n) is 6.85. The standard InChI is InChI=1S/C17H16N4/c1-13-20-16(15-7-9-18-10-8-15)11-17(21-13)19-12-14-5-3-2-4-6-14/h2-11H,12H2,1H3,(H,19,20,21). The van der Waals surface area contributed by atoms with Gasteiger partial charge in [-0.2, -0.15) is 0 Å². The molecule has 0 unspecified atom stereocenters. The van der Waals surface area contributed by atoms with Crippen LogP contribution in [0.15, 0.2) is 60.9 Å². The van der Waals surface area contributed by atoms with E-state index >= 15 is 0 Å². The maximum Gasteiger partial charge on any atom is 0.130 e. The first-order chi connectivity index (χ1) is 10.3. The molecule has 3 rings (SSSR count). The topological polar surface area (TPSA) is 50.7 Å². The van der Waals surface area contributed by atoms with Crippen LogP contribution in [0.3, 0.4) is 0 Å². The van der Waals surface area contributed by atoms with E-state index in [0.29, 0.717) is 0 Å². The molecule has 0 saturated heterocycles. The molecule has 0 radical (unpaired) electrons. The molecular weight excluding hydrogens is 260 g/mol. The van der Waals surface area contributed by atoms with Crippen molar-refractivity contribution < 1.29 is 0 Å². The smallest absolute Gasteiger partial charge is 0.130 e. The van der Waals surface area contributed by atoms with Crippen molar-refractivity contribution in [3.63, 3.8) is 0 Å². The minimum atomic E-state index is 0.743. The van der Waals surface area contributed by atoms with E-state index in [9.17, 15) is 0 Å². The Morgan fingerprint density at radius 3 is 2.48 bits per heavy atom. The largest absolute Gasteiger partial charge is 0.366 e. The summed E-state index contributed by atoms with van der Waals surface area (Å²) in [5.41, 5.74) is 3.16. The maximum absolute atomic E-state index is 4.48. The van der Waals surface area contributed by atoms with E-state index in [0.717, 1.165) is 29.4 Å². The van der Waals surface area contributed by atoms with Crippen molar-refractivity contribution in [2.24, 2.45) is 0 Å². The number of hydrogen-bond donors (Lipinski definition) is 1. The minimum absolute atomic E-state index is 0.743. The summed E-state index contributed by atoms with van der Waals surface area (Å²) in [6, 6.07) is 16.1. The molecule has 2 aromatic heterocycles. The molecule has 0 aliphatic rings. The van der Waals surface area contributed by atoms with Crippen LogP contribution in [-0.4, -0.2) is 15.0 Å². The third-order valence-electron chi connectivity index (χ3n) is 3.13. The zero-order valence-electron chi connectivity index (χ0n) is 11.8. The Bertz CT molecular complexity index is 711. The third-order valence-corrected chi connectivity index (χ3v) is 3.13. The lowest BCUT2D eigenvalue weighted by molar-refractivity contribution is 1.03. The zero-order valence-corrected chi connectivity index (χ0v) is 11.8. The van der Waals surface area contributed by atoms with E-state index in [4.69, 9.17) is 0 Å². The molecule has 2 heterocycles. The fourth-order valence-corrected chi connectivity index (χ4v) is 2.12. The van der Waals surface area contributed by atoms with Gasteiger partial charge in [0.1, 0.15) is 11.6 Å². The van der Waals surface area contributed by atoms with Crippen molar-refractivity contribution >= 4 is 5.82 Å². The molecule has 0 aliphatic carbocycles. The van der Waals surface area contributed by atoms with Crippen molar-refractivity contribution in [1.82, 2.24) is 15.0 Å². The molecule has 0 aliphatic heterocycles. The molecule has 0 saturated carbocycles. The van der Waals surface area contributed by atoms with E-state index in [-0.39, 0.29) is 0 Å². The Kier molecular flexibility index (Phi) is 3.87. The normalized spacial score (nSPS) is 10.3. The Hall–Kier alpha value is -2.75. The van der Waals surface area contributed by atoms with Crippen molar-refractivity contribution in [3.8, 4) is 11.3 Å². The summed E-state index contributed by atoms with van der Waals surface area (Å²) in [5.74, 6) is 1.58. The molecule has 4 heteroatoms. The number of benzene rings is 1. The Labute approximate surface area is 123 Å². The molecule has 1 aromatic carbocycles. The van der Waals surface area contributed by atoms with Crippen LogP contribution >= 0.6 is 0 Å². The van der Waals surface area contributed by atoms with Crippen LogP contribution in [0.1, 0.15) is 11.4 Å². The van der Waals surface area contributed by atoms with Gasteiger partial charge in [0.25, 0.3) is 0 Å². The Morgan fingerprint density at radius 2 is 1.71 bits per heavy atom. The summed E-state index contributed by atoms with van der Waals surface area (Å²) in [4.78, 5) is 12.9. The number of nitrogens with one attached hydrogen (secondary N) is 1. The number of nitrogens with zero attached hydrogens (tertiary/aromatic N) is 3. The molecule has 0 bridgehead atoms. The number of aryl methyl sites for hydroxylation is 1. The highest BCUT2D eigenvalue weighted by Crippen LogP contribution is 2.19. The lowest BCUT2D eigenvalue weighted by Gasteiger charge is -2.09. The molecule has 4 nitrogen and oxygen atoms in total. The van der Waals surface area contributed by atoms with Gasteiger partial charge in [0.2, 0.25) is 0 Å². The monoisotopic (exact) mass is 276 g/mol. The van der Waals surface area contributed by atoms with Crippen LogP contribution in [0.5, 0.6) is 0 Å². The summed E-state index contributed by atoms with van der Waals surface area (Å²) in [7, 11) is 0. The van der Waals surface area contributed by atoms with Crippen LogP contribution in [0.4, 0.5) is 5.82 Å². The van der Waals surface area contributed by atoms with Crippen molar-refractivity contribution in [3.05, 3.63) is 72.3 Å². The summed E-state index contributed by atoms with van der Waals surface area (Å²) < 4.78 is 0. The van der Waals surface area contributed by atoms with Crippen LogP contribution in [-0.2, 0) is 6.54 Å². The second kappa shape index (κ2) is 6.13. The molecule has 0 amide bonds. The van der Waals surface area contributed by atoms with Crippen LogP contribution in [0.2, 0.25) is 0 Å². The van der Waals surface area contributed by atoms with Crippen molar-refractivity contribution in [2.45, 2.75) is 13.5 Å². The van der Waals surface area contributed by atoms with E-state index in [1.165, 1.54) is 5.56 Å². The second-order valence-electron chi connectivity index (χ2n) is 4.76. The van der Waals surface area contributed by atoms with Gasteiger partial charge in [-0.05, 0) is 24.6 Å². The lowest BCUT2D eigenvalue weighted by atomic mass is 10.2. The molecule has 21 heavy (non-hydrogen) atoms. The predicted molar refractivity (Wildman–Crippen MR) is 83.8 cm³/mol. The van der Waals surface area contributed by atoms with Crippen LogP contribution in [0, 0.1) is 6.92 Å². The van der Waals surface area contributed by atoms with E-state index in [2.05, 4.69) is 32.4 Å². The minimum Gasteiger partial charge on any atom is -0.366 e. The molecule has 3 aromatic rings. The molecule has 0 fully saturated rings. The fraction of sp³-hybridized carbons (Fsp3) is 0.118. The highest BCUT2D eigenvalue weighted by atomic mass is 15.0. The Morgan fingerprint density at radius 1 is 0.952 bits per heavy atom. The average Bonchev–Trinajstić information content (AvgIpc) is 2.54. The van der Waals surface area contributed by atoms with Crippen molar-refractivity contribution in [2.75, 3.05) is 5.32 Å². The van der Waals surface area contributed by atoms with E-state index in [1.54, 1.807) is 12.4 Å². The van der Waals surface area contributed by atoms with Gasteiger partial charge < -0.3 is 5.32 Å². The van der Waals surface area contributed by atoms with Crippen LogP contribution in [0.25, 0.3) is 11.3 Å². The number of rotatable bonds is 4. The molecule has 0 spiro atoms. The number of aromatic nitrogens is 3. The third kappa shape index (κ3) is 3.42. The SMILES string of the molecule is Cc1nc(NCc2ccccc2)cc(-c2ccncc2)n1. The highest BCUT2D eigenvalue weighted by Gasteiger charge is 2.04.